The van der Waals surface area contributed by atoms with Gasteiger partial charge in [0, 0.05) is 13.1 Å². The molecule has 4 nitrogen and oxygen atoms in total. The largest absolute Gasteiger partial charge is 0.477 e. The van der Waals surface area contributed by atoms with E-state index in [-0.39, 0.29) is 5.69 Å². The molecular formula is C14H20N2O2. The molecule has 98 valence electrons. The Kier molecular flexibility index (Phi) is 4.31. The SMILES string of the molecule is CN(Cc1cccc(C(=O)O)n1)CC1CCCC1. The minimum atomic E-state index is -0.963. The molecule has 0 aromatic carbocycles. The lowest BCUT2D eigenvalue weighted by Gasteiger charge is -2.20. The Morgan fingerprint density at radius 2 is 2.17 bits per heavy atom. The van der Waals surface area contributed by atoms with Crippen LogP contribution in [-0.2, 0) is 6.54 Å². The van der Waals surface area contributed by atoms with Crippen LogP contribution in [0.3, 0.4) is 0 Å². The summed E-state index contributed by atoms with van der Waals surface area (Å²) in [6.07, 6.45) is 5.36. The number of carboxylic acid groups (broad SMARTS) is 1. The van der Waals surface area contributed by atoms with Crippen LogP contribution in [0.4, 0.5) is 0 Å². The van der Waals surface area contributed by atoms with E-state index in [9.17, 15) is 4.79 Å². The van der Waals surface area contributed by atoms with Gasteiger partial charge in [0.1, 0.15) is 5.69 Å². The van der Waals surface area contributed by atoms with Crippen molar-refractivity contribution in [3.8, 4) is 0 Å². The maximum atomic E-state index is 10.8. The second-order valence-electron chi connectivity index (χ2n) is 5.17. The van der Waals surface area contributed by atoms with E-state index >= 15 is 0 Å². The molecule has 2 rings (SSSR count). The Hall–Kier alpha value is -1.42. The van der Waals surface area contributed by atoms with E-state index in [0.717, 1.165) is 24.7 Å². The summed E-state index contributed by atoms with van der Waals surface area (Å²) in [6.45, 7) is 1.80. The summed E-state index contributed by atoms with van der Waals surface area (Å²) in [6, 6.07) is 5.18. The van der Waals surface area contributed by atoms with Crippen molar-refractivity contribution in [1.82, 2.24) is 9.88 Å². The third kappa shape index (κ3) is 3.53. The third-order valence-corrected chi connectivity index (χ3v) is 3.50. The summed E-state index contributed by atoms with van der Waals surface area (Å²) in [7, 11) is 2.08. The van der Waals surface area contributed by atoms with Gasteiger partial charge >= 0.3 is 5.97 Å². The fraction of sp³-hybridized carbons (Fsp3) is 0.571. The van der Waals surface area contributed by atoms with Crippen LogP contribution in [0.2, 0.25) is 0 Å². The van der Waals surface area contributed by atoms with Crippen LogP contribution in [0.1, 0.15) is 41.9 Å². The van der Waals surface area contributed by atoms with Gasteiger partial charge in [0.2, 0.25) is 0 Å². The lowest BCUT2D eigenvalue weighted by molar-refractivity contribution is 0.0690. The normalized spacial score (nSPS) is 16.3. The first-order valence-corrected chi connectivity index (χ1v) is 6.53. The highest BCUT2D eigenvalue weighted by atomic mass is 16.4. The maximum Gasteiger partial charge on any atom is 0.354 e. The van der Waals surface area contributed by atoms with Gasteiger partial charge < -0.3 is 10.0 Å². The van der Waals surface area contributed by atoms with Crippen LogP contribution in [0.15, 0.2) is 18.2 Å². The quantitative estimate of drug-likeness (QED) is 0.869. The van der Waals surface area contributed by atoms with Gasteiger partial charge in [-0.1, -0.05) is 18.9 Å². The molecule has 0 aliphatic heterocycles. The molecule has 1 fully saturated rings. The molecule has 1 aromatic heterocycles. The molecule has 1 heterocycles. The van der Waals surface area contributed by atoms with E-state index in [2.05, 4.69) is 16.9 Å². The fourth-order valence-electron chi connectivity index (χ4n) is 2.66. The highest BCUT2D eigenvalue weighted by molar-refractivity contribution is 5.85. The molecule has 1 saturated carbocycles. The zero-order valence-electron chi connectivity index (χ0n) is 10.8. The van der Waals surface area contributed by atoms with Crippen LogP contribution in [0.25, 0.3) is 0 Å². The zero-order valence-corrected chi connectivity index (χ0v) is 10.8. The van der Waals surface area contributed by atoms with Crippen LogP contribution < -0.4 is 0 Å². The molecular weight excluding hydrogens is 228 g/mol. The topological polar surface area (TPSA) is 53.4 Å². The molecule has 0 spiro atoms. The van der Waals surface area contributed by atoms with E-state index in [1.807, 2.05) is 6.07 Å². The number of pyridine rings is 1. The number of nitrogens with zero attached hydrogens (tertiary/aromatic N) is 2. The van der Waals surface area contributed by atoms with Gasteiger partial charge in [-0.15, -0.1) is 0 Å². The Labute approximate surface area is 108 Å². The molecule has 1 aliphatic carbocycles. The van der Waals surface area contributed by atoms with E-state index in [4.69, 9.17) is 5.11 Å². The smallest absolute Gasteiger partial charge is 0.354 e. The van der Waals surface area contributed by atoms with Crippen LogP contribution in [0, 0.1) is 5.92 Å². The van der Waals surface area contributed by atoms with Crippen molar-refractivity contribution in [2.45, 2.75) is 32.2 Å². The Balaban J connectivity index is 1.91. The summed E-state index contributed by atoms with van der Waals surface area (Å²) < 4.78 is 0. The highest BCUT2D eigenvalue weighted by Gasteiger charge is 2.17. The summed E-state index contributed by atoms with van der Waals surface area (Å²) in [5, 5.41) is 8.90. The zero-order chi connectivity index (χ0) is 13.0. The average Bonchev–Trinajstić information content (AvgIpc) is 2.82. The molecule has 1 aliphatic rings. The predicted molar refractivity (Wildman–Crippen MR) is 69.5 cm³/mol. The number of carboxylic acids is 1. The molecule has 0 saturated heterocycles. The number of carbonyl (C=O) groups is 1. The first kappa shape index (κ1) is 13.0. The molecule has 0 amide bonds. The van der Waals surface area contributed by atoms with Crippen LogP contribution in [0.5, 0.6) is 0 Å². The van der Waals surface area contributed by atoms with Gasteiger partial charge in [-0.25, -0.2) is 9.78 Å². The molecule has 0 atom stereocenters. The fourth-order valence-corrected chi connectivity index (χ4v) is 2.66. The molecule has 0 radical (unpaired) electrons. The van der Waals surface area contributed by atoms with Gasteiger partial charge in [-0.05, 0) is 37.9 Å². The van der Waals surface area contributed by atoms with Gasteiger partial charge in [0.25, 0.3) is 0 Å². The standard InChI is InChI=1S/C14H20N2O2/c1-16(9-11-5-2-3-6-11)10-12-7-4-8-13(15-12)14(17)18/h4,7-8,11H,2-3,5-6,9-10H2,1H3,(H,17,18). The van der Waals surface area contributed by atoms with E-state index in [1.54, 1.807) is 6.07 Å². The number of rotatable bonds is 5. The van der Waals surface area contributed by atoms with Crippen molar-refractivity contribution in [2.75, 3.05) is 13.6 Å². The minimum Gasteiger partial charge on any atom is -0.477 e. The summed E-state index contributed by atoms with van der Waals surface area (Å²) in [5.41, 5.74) is 0.956. The lowest BCUT2D eigenvalue weighted by Crippen LogP contribution is -2.24. The first-order chi connectivity index (χ1) is 8.65. The molecule has 1 N–H and O–H groups in total. The first-order valence-electron chi connectivity index (χ1n) is 6.53. The van der Waals surface area contributed by atoms with Crippen molar-refractivity contribution < 1.29 is 9.90 Å². The summed E-state index contributed by atoms with van der Waals surface area (Å²) >= 11 is 0. The van der Waals surface area contributed by atoms with Gasteiger partial charge in [0.05, 0.1) is 5.69 Å². The number of aromatic carboxylic acids is 1. The third-order valence-electron chi connectivity index (χ3n) is 3.50. The van der Waals surface area contributed by atoms with Crippen molar-refractivity contribution >= 4 is 5.97 Å². The molecule has 0 bridgehead atoms. The minimum absolute atomic E-state index is 0.127. The molecule has 4 heteroatoms. The molecule has 1 aromatic rings. The highest BCUT2D eigenvalue weighted by Crippen LogP contribution is 2.25. The van der Waals surface area contributed by atoms with Crippen molar-refractivity contribution in [3.63, 3.8) is 0 Å². The summed E-state index contributed by atoms with van der Waals surface area (Å²) in [5.74, 6) is -0.159. The number of aromatic nitrogens is 1. The Morgan fingerprint density at radius 3 is 2.83 bits per heavy atom. The predicted octanol–water partition coefficient (Wildman–Crippen LogP) is 2.40. The van der Waals surface area contributed by atoms with Crippen LogP contribution in [-0.4, -0.2) is 34.6 Å². The van der Waals surface area contributed by atoms with Gasteiger partial charge in [-0.3, -0.25) is 0 Å². The van der Waals surface area contributed by atoms with Gasteiger partial charge in [-0.2, -0.15) is 0 Å². The average molecular weight is 248 g/mol. The number of hydrogen-bond donors (Lipinski definition) is 1. The van der Waals surface area contributed by atoms with E-state index in [1.165, 1.54) is 31.7 Å². The van der Waals surface area contributed by atoms with E-state index < -0.39 is 5.97 Å². The Bertz CT molecular complexity index is 414. The second-order valence-corrected chi connectivity index (χ2v) is 5.17. The summed E-state index contributed by atoms with van der Waals surface area (Å²) in [4.78, 5) is 17.2. The lowest BCUT2D eigenvalue weighted by atomic mass is 10.1. The number of hydrogen-bond acceptors (Lipinski definition) is 3. The van der Waals surface area contributed by atoms with Crippen LogP contribution >= 0.6 is 0 Å². The van der Waals surface area contributed by atoms with Crippen molar-refractivity contribution in [2.24, 2.45) is 5.92 Å². The Morgan fingerprint density at radius 1 is 1.44 bits per heavy atom. The van der Waals surface area contributed by atoms with Gasteiger partial charge in [0.15, 0.2) is 0 Å². The molecule has 0 unspecified atom stereocenters. The second kappa shape index (κ2) is 5.96. The van der Waals surface area contributed by atoms with Crippen molar-refractivity contribution in [3.05, 3.63) is 29.6 Å². The van der Waals surface area contributed by atoms with E-state index in [0.29, 0.717) is 0 Å². The maximum absolute atomic E-state index is 10.8. The van der Waals surface area contributed by atoms with Crippen molar-refractivity contribution in [1.29, 1.82) is 0 Å². The molecule has 18 heavy (non-hydrogen) atoms. The monoisotopic (exact) mass is 248 g/mol.